The highest BCUT2D eigenvalue weighted by Gasteiger charge is 2.25. The van der Waals surface area contributed by atoms with Crippen LogP contribution in [0, 0.1) is 5.82 Å². The van der Waals surface area contributed by atoms with Crippen molar-refractivity contribution in [1.82, 2.24) is 10.2 Å². The summed E-state index contributed by atoms with van der Waals surface area (Å²) in [4.78, 5) is 25.3. The number of carbonyl (C=O) groups is 2. The van der Waals surface area contributed by atoms with Gasteiger partial charge in [-0.2, -0.15) is 0 Å². The van der Waals surface area contributed by atoms with Crippen molar-refractivity contribution in [2.75, 3.05) is 30.7 Å². The monoisotopic (exact) mass is 294 g/mol. The number of piperazine rings is 1. The molecule has 1 aromatic rings. The van der Waals surface area contributed by atoms with Crippen LogP contribution >= 0.6 is 0 Å². The molecule has 0 bridgehead atoms. The molecule has 1 heterocycles. The normalized spacial score (nSPS) is 19.1. The predicted molar refractivity (Wildman–Crippen MR) is 78.1 cm³/mol. The molecule has 2 amide bonds. The molecule has 2 rings (SSSR count). The molecule has 1 aliphatic heterocycles. The third-order valence-electron chi connectivity index (χ3n) is 3.52. The molecule has 1 aromatic carbocycles. The Labute approximate surface area is 122 Å². The lowest BCUT2D eigenvalue weighted by molar-refractivity contribution is -0.129. The topological polar surface area (TPSA) is 87.5 Å². The van der Waals surface area contributed by atoms with Gasteiger partial charge in [0.1, 0.15) is 5.82 Å². The van der Waals surface area contributed by atoms with Gasteiger partial charge in [-0.25, -0.2) is 4.39 Å². The minimum atomic E-state index is -0.525. The first-order valence-corrected chi connectivity index (χ1v) is 6.84. The maximum atomic E-state index is 13.5. The van der Waals surface area contributed by atoms with Gasteiger partial charge in [0.2, 0.25) is 11.8 Å². The summed E-state index contributed by atoms with van der Waals surface area (Å²) in [7, 11) is 0. The van der Waals surface area contributed by atoms with Crippen LogP contribution in [-0.2, 0) is 9.59 Å². The highest BCUT2D eigenvalue weighted by Crippen LogP contribution is 2.17. The Morgan fingerprint density at radius 1 is 1.57 bits per heavy atom. The van der Waals surface area contributed by atoms with Crippen LogP contribution in [0.1, 0.15) is 13.3 Å². The number of anilines is 2. The van der Waals surface area contributed by atoms with Gasteiger partial charge < -0.3 is 16.4 Å². The summed E-state index contributed by atoms with van der Waals surface area (Å²) in [6.07, 6.45) is 0.186. The molecular formula is C14H19FN4O2. The number of hydrogen-bond acceptors (Lipinski definition) is 4. The van der Waals surface area contributed by atoms with Crippen LogP contribution in [0.2, 0.25) is 0 Å². The molecule has 1 aliphatic rings. The Kier molecular flexibility index (Phi) is 4.74. The molecule has 0 radical (unpaired) electrons. The highest BCUT2D eigenvalue weighted by molar-refractivity contribution is 5.91. The molecule has 7 heteroatoms. The third kappa shape index (κ3) is 3.91. The van der Waals surface area contributed by atoms with Crippen molar-refractivity contribution in [2.24, 2.45) is 0 Å². The van der Waals surface area contributed by atoms with E-state index in [1.807, 2.05) is 4.90 Å². The summed E-state index contributed by atoms with van der Waals surface area (Å²) >= 11 is 0. The minimum Gasteiger partial charge on any atom is -0.399 e. The molecule has 6 nitrogen and oxygen atoms in total. The first-order valence-electron chi connectivity index (χ1n) is 6.84. The maximum absolute atomic E-state index is 13.5. The summed E-state index contributed by atoms with van der Waals surface area (Å²) < 4.78 is 13.5. The number of hydrogen-bond donors (Lipinski definition) is 3. The van der Waals surface area contributed by atoms with E-state index in [9.17, 15) is 14.0 Å². The maximum Gasteiger partial charge on any atom is 0.237 e. The van der Waals surface area contributed by atoms with E-state index in [0.717, 1.165) is 0 Å². The fourth-order valence-electron chi connectivity index (χ4n) is 2.23. The summed E-state index contributed by atoms with van der Waals surface area (Å²) in [6.45, 7) is 3.52. The Morgan fingerprint density at radius 2 is 2.33 bits per heavy atom. The van der Waals surface area contributed by atoms with Crippen LogP contribution in [0.25, 0.3) is 0 Å². The Morgan fingerprint density at radius 3 is 3.10 bits per heavy atom. The van der Waals surface area contributed by atoms with Crippen molar-refractivity contribution in [3.63, 3.8) is 0 Å². The van der Waals surface area contributed by atoms with Gasteiger partial charge in [-0.1, -0.05) is 0 Å². The molecule has 1 fully saturated rings. The molecule has 4 N–H and O–H groups in total. The predicted octanol–water partition coefficient (Wildman–Crippen LogP) is 0.557. The lowest BCUT2D eigenvalue weighted by Gasteiger charge is -2.32. The number of nitrogens with one attached hydrogen (secondary N) is 2. The molecule has 1 atom stereocenters. The molecule has 0 saturated carbocycles. The van der Waals surface area contributed by atoms with Gasteiger partial charge in [0.15, 0.2) is 0 Å². The Bertz CT molecular complexity index is 550. The van der Waals surface area contributed by atoms with Crippen molar-refractivity contribution >= 4 is 23.2 Å². The van der Waals surface area contributed by atoms with E-state index in [0.29, 0.717) is 25.3 Å². The highest BCUT2D eigenvalue weighted by atomic mass is 19.1. The second-order valence-electron chi connectivity index (χ2n) is 5.04. The van der Waals surface area contributed by atoms with Gasteiger partial charge in [0.05, 0.1) is 11.7 Å². The second kappa shape index (κ2) is 6.53. The average molecular weight is 294 g/mol. The van der Waals surface area contributed by atoms with Crippen LogP contribution in [0.15, 0.2) is 18.2 Å². The van der Waals surface area contributed by atoms with E-state index in [4.69, 9.17) is 5.73 Å². The number of rotatable bonds is 4. The van der Waals surface area contributed by atoms with Crippen molar-refractivity contribution in [3.8, 4) is 0 Å². The van der Waals surface area contributed by atoms with Crippen LogP contribution < -0.4 is 16.4 Å². The van der Waals surface area contributed by atoms with Crippen LogP contribution in [0.4, 0.5) is 15.8 Å². The number of carbonyl (C=O) groups excluding carboxylic acids is 2. The minimum absolute atomic E-state index is 0.0384. The number of nitrogens with two attached hydrogens (primary N) is 1. The van der Waals surface area contributed by atoms with Crippen molar-refractivity contribution in [3.05, 3.63) is 24.0 Å². The van der Waals surface area contributed by atoms with E-state index >= 15 is 0 Å². The van der Waals surface area contributed by atoms with Gasteiger partial charge >= 0.3 is 0 Å². The standard InChI is InChI=1S/C14H19FN4O2/c1-9-14(21)17-5-7-19(9)6-4-13(20)18-12-8-10(16)2-3-11(12)15/h2-3,8-9H,4-7,16H2,1H3,(H,17,21)(H,18,20). The van der Waals surface area contributed by atoms with Gasteiger partial charge in [-0.15, -0.1) is 0 Å². The zero-order chi connectivity index (χ0) is 15.4. The lowest BCUT2D eigenvalue weighted by atomic mass is 10.2. The zero-order valence-corrected chi connectivity index (χ0v) is 11.9. The summed E-state index contributed by atoms with van der Waals surface area (Å²) in [5.74, 6) is -0.871. The van der Waals surface area contributed by atoms with Crippen LogP contribution in [-0.4, -0.2) is 42.4 Å². The van der Waals surface area contributed by atoms with Crippen molar-refractivity contribution in [2.45, 2.75) is 19.4 Å². The first-order chi connectivity index (χ1) is 9.97. The Balaban J connectivity index is 1.87. The van der Waals surface area contributed by atoms with Crippen LogP contribution in [0.3, 0.4) is 0 Å². The van der Waals surface area contributed by atoms with E-state index in [1.165, 1.54) is 18.2 Å². The number of nitrogens with zero attached hydrogens (tertiary/aromatic N) is 1. The molecule has 1 saturated heterocycles. The molecule has 21 heavy (non-hydrogen) atoms. The van der Waals surface area contributed by atoms with Gasteiger partial charge in [0, 0.05) is 31.7 Å². The quantitative estimate of drug-likeness (QED) is 0.708. The first kappa shape index (κ1) is 15.2. The summed E-state index contributed by atoms with van der Waals surface area (Å²) in [5, 5.41) is 5.25. The Hall–Kier alpha value is -2.15. The van der Waals surface area contributed by atoms with E-state index in [-0.39, 0.29) is 30.0 Å². The zero-order valence-electron chi connectivity index (χ0n) is 11.9. The van der Waals surface area contributed by atoms with Gasteiger partial charge in [0.25, 0.3) is 0 Å². The molecule has 0 aliphatic carbocycles. The molecule has 1 unspecified atom stereocenters. The third-order valence-corrected chi connectivity index (χ3v) is 3.52. The van der Waals surface area contributed by atoms with E-state index in [2.05, 4.69) is 10.6 Å². The molecule has 0 spiro atoms. The van der Waals surface area contributed by atoms with Crippen LogP contribution in [0.5, 0.6) is 0 Å². The number of halogens is 1. The summed E-state index contributed by atoms with van der Waals surface area (Å²) in [6, 6.07) is 3.77. The molecule has 0 aromatic heterocycles. The van der Waals surface area contributed by atoms with E-state index in [1.54, 1.807) is 6.92 Å². The molecule has 114 valence electrons. The number of nitrogen functional groups attached to an aromatic ring is 1. The number of benzene rings is 1. The van der Waals surface area contributed by atoms with Crippen molar-refractivity contribution < 1.29 is 14.0 Å². The average Bonchev–Trinajstić information content (AvgIpc) is 2.44. The SMILES string of the molecule is CC1C(=O)NCCN1CCC(=O)Nc1cc(N)ccc1F. The second-order valence-corrected chi connectivity index (χ2v) is 5.04. The fourth-order valence-corrected chi connectivity index (χ4v) is 2.23. The largest absolute Gasteiger partial charge is 0.399 e. The number of amides is 2. The van der Waals surface area contributed by atoms with Crippen molar-refractivity contribution in [1.29, 1.82) is 0 Å². The lowest BCUT2D eigenvalue weighted by Crippen LogP contribution is -2.54. The fraction of sp³-hybridized carbons (Fsp3) is 0.429. The smallest absolute Gasteiger partial charge is 0.237 e. The molecular weight excluding hydrogens is 275 g/mol. The van der Waals surface area contributed by atoms with E-state index < -0.39 is 5.82 Å². The summed E-state index contributed by atoms with van der Waals surface area (Å²) in [5.41, 5.74) is 6.01. The van der Waals surface area contributed by atoms with Gasteiger partial charge in [-0.3, -0.25) is 14.5 Å². The van der Waals surface area contributed by atoms with Gasteiger partial charge in [-0.05, 0) is 25.1 Å².